The van der Waals surface area contributed by atoms with E-state index in [4.69, 9.17) is 0 Å². The maximum absolute atomic E-state index is 2.67. The topological polar surface area (TPSA) is 13.1 Å². The van der Waals surface area contributed by atoms with Crippen LogP contribution in [-0.2, 0) is 0 Å². The molecule has 72 heavy (non-hydrogen) atoms. The van der Waals surface area contributed by atoms with Crippen LogP contribution in [0.15, 0.2) is 243 Å². The number of aromatic nitrogens is 2. The van der Waals surface area contributed by atoms with Crippen molar-refractivity contribution < 1.29 is 0 Å². The first-order valence-electron chi connectivity index (χ1n) is 25.4. The van der Waals surface area contributed by atoms with Gasteiger partial charge in [0.2, 0.25) is 6.71 Å². The van der Waals surface area contributed by atoms with E-state index in [2.05, 4.69) is 257 Å². The molecule has 4 aliphatic rings. The van der Waals surface area contributed by atoms with Crippen molar-refractivity contribution in [2.45, 2.75) is 5.92 Å². The first-order valence-corrected chi connectivity index (χ1v) is 25.4. The van der Waals surface area contributed by atoms with Crippen LogP contribution in [0, 0.1) is 0 Å². The van der Waals surface area contributed by atoms with E-state index in [0.29, 0.717) is 0 Å². The molecule has 11 aromatic carbocycles. The van der Waals surface area contributed by atoms with E-state index in [-0.39, 0.29) is 19.3 Å². The Hall–Kier alpha value is -9.05. The van der Waals surface area contributed by atoms with Crippen molar-refractivity contribution in [3.8, 4) is 33.6 Å². The number of hydrogen-bond acceptors (Lipinski definition) is 1. The van der Waals surface area contributed by atoms with E-state index >= 15 is 0 Å². The van der Waals surface area contributed by atoms with Crippen molar-refractivity contribution in [3.05, 3.63) is 259 Å². The highest BCUT2D eigenvalue weighted by Gasteiger charge is 2.46. The Morgan fingerprint density at radius 1 is 0.306 bits per heavy atom. The van der Waals surface area contributed by atoms with Gasteiger partial charge in [-0.3, -0.25) is 0 Å². The molecule has 1 unspecified atom stereocenters. The van der Waals surface area contributed by atoms with Gasteiger partial charge in [-0.05, 0) is 127 Å². The fourth-order valence-electron chi connectivity index (χ4n) is 14.0. The van der Waals surface area contributed by atoms with E-state index in [0.717, 1.165) is 5.69 Å². The summed E-state index contributed by atoms with van der Waals surface area (Å²) < 4.78 is 5.32. The Bertz CT molecular complexity index is 4170. The Balaban J connectivity index is 1.02. The predicted molar refractivity (Wildman–Crippen MR) is 304 cm³/mol. The molecule has 4 aliphatic heterocycles. The summed E-state index contributed by atoms with van der Waals surface area (Å²) in [5.74, 6) is 0.104. The third kappa shape index (κ3) is 5.02. The lowest BCUT2D eigenvalue weighted by atomic mass is 9.30. The number of benzene rings is 11. The molecule has 2 aromatic heterocycles. The van der Waals surface area contributed by atoms with Crippen molar-refractivity contribution in [2.24, 2.45) is 0 Å². The molecular weight excluding hydrogens is 868 g/mol. The van der Waals surface area contributed by atoms with Crippen LogP contribution in [0.1, 0.15) is 22.6 Å². The maximum Gasteiger partial charge on any atom is 0.252 e. The molecule has 0 spiro atoms. The van der Waals surface area contributed by atoms with Crippen molar-refractivity contribution in [3.63, 3.8) is 0 Å². The van der Waals surface area contributed by atoms with Gasteiger partial charge in [-0.2, -0.15) is 0 Å². The van der Waals surface area contributed by atoms with Crippen molar-refractivity contribution in [1.82, 2.24) is 9.13 Å². The number of anilines is 3. The summed E-state index contributed by atoms with van der Waals surface area (Å²) in [6, 6.07) is 91.7. The summed E-state index contributed by atoms with van der Waals surface area (Å²) >= 11 is 0. The summed E-state index contributed by atoms with van der Waals surface area (Å²) in [5, 5.41) is 5.16. The molecule has 0 N–H and O–H groups in total. The first-order chi connectivity index (χ1) is 35.8. The van der Waals surface area contributed by atoms with Crippen LogP contribution >= 0.6 is 0 Å². The predicted octanol–water partition coefficient (Wildman–Crippen LogP) is 12.2. The highest BCUT2D eigenvalue weighted by Crippen LogP contribution is 2.46. The zero-order chi connectivity index (χ0) is 46.8. The van der Waals surface area contributed by atoms with Crippen LogP contribution in [0.3, 0.4) is 0 Å². The lowest BCUT2D eigenvalue weighted by Gasteiger charge is -2.41. The van der Waals surface area contributed by atoms with E-state index in [1.165, 1.54) is 138 Å². The fraction of sp³-hybridized carbons (Fsp3) is 0.0149. The van der Waals surface area contributed by atoms with E-state index in [1.54, 1.807) is 0 Å². The van der Waals surface area contributed by atoms with E-state index in [9.17, 15) is 0 Å². The van der Waals surface area contributed by atoms with Crippen LogP contribution in [0.4, 0.5) is 17.1 Å². The highest BCUT2D eigenvalue weighted by atomic mass is 15.2. The third-order valence-electron chi connectivity index (χ3n) is 16.8. The number of nitrogens with zero attached hydrogens (tertiary/aromatic N) is 3. The molecule has 3 nitrogen and oxygen atoms in total. The smallest absolute Gasteiger partial charge is 0.252 e. The molecule has 13 aromatic rings. The van der Waals surface area contributed by atoms with Gasteiger partial charge < -0.3 is 14.0 Å². The molecule has 0 saturated heterocycles. The van der Waals surface area contributed by atoms with Gasteiger partial charge in [0, 0.05) is 61.4 Å². The van der Waals surface area contributed by atoms with Crippen molar-refractivity contribution in [1.29, 1.82) is 0 Å². The van der Waals surface area contributed by atoms with Gasteiger partial charge in [-0.15, -0.1) is 0 Å². The monoisotopic (exact) mass is 909 g/mol. The molecule has 0 amide bonds. The van der Waals surface area contributed by atoms with Crippen LogP contribution < -0.4 is 37.7 Å². The highest BCUT2D eigenvalue weighted by molar-refractivity contribution is 7.01. The number of rotatable bonds is 4. The van der Waals surface area contributed by atoms with Gasteiger partial charge in [0.05, 0.1) is 16.6 Å². The Morgan fingerprint density at radius 3 is 1.46 bits per heavy atom. The quantitative estimate of drug-likeness (QED) is 0.160. The molecule has 0 bridgehead atoms. The van der Waals surface area contributed by atoms with Gasteiger partial charge in [-0.25, -0.2) is 0 Å². The normalized spacial score (nSPS) is 14.4. The molecule has 5 heteroatoms. The number of hydrogen-bond donors (Lipinski definition) is 0. The van der Waals surface area contributed by atoms with E-state index < -0.39 is 0 Å². The molecule has 0 aliphatic carbocycles. The molecule has 0 fully saturated rings. The first kappa shape index (κ1) is 38.8. The molecule has 17 rings (SSSR count). The SMILES string of the molecule is c1ccc(-c2ccc3c(c2)c2ccc4c5c2n3-c2cc3c(cc2B5c2ccccc2C4c2ccccc2)-n2c4ccc(-c5ccccc5)cc4c4ccc5c(c42)B3c2ccccc2N5c2ccccc2)cc1. The van der Waals surface area contributed by atoms with Crippen LogP contribution in [-0.4, -0.2) is 22.6 Å². The summed E-state index contributed by atoms with van der Waals surface area (Å²) in [7, 11) is 0. The van der Waals surface area contributed by atoms with Crippen LogP contribution in [0.5, 0.6) is 0 Å². The Morgan fingerprint density at radius 2 is 0.819 bits per heavy atom. The second-order valence-electron chi connectivity index (χ2n) is 20.3. The summed E-state index contributed by atoms with van der Waals surface area (Å²) in [6.45, 7) is 0.00826. The Kier molecular flexibility index (Phi) is 7.69. The Labute approximate surface area is 417 Å². The zero-order valence-corrected chi connectivity index (χ0v) is 39.2. The van der Waals surface area contributed by atoms with E-state index in [1.807, 2.05) is 0 Å². The lowest BCUT2D eigenvalue weighted by molar-refractivity contribution is 0.985. The zero-order valence-electron chi connectivity index (χ0n) is 39.2. The van der Waals surface area contributed by atoms with Crippen molar-refractivity contribution in [2.75, 3.05) is 4.90 Å². The second kappa shape index (κ2) is 14.3. The summed E-state index contributed by atoms with van der Waals surface area (Å²) in [4.78, 5) is 2.51. The van der Waals surface area contributed by atoms with Gasteiger partial charge in [0.15, 0.2) is 0 Å². The average molecular weight is 910 g/mol. The summed E-state index contributed by atoms with van der Waals surface area (Å²) in [5.41, 5.74) is 28.5. The molecule has 6 heterocycles. The minimum absolute atomic E-state index is 0.0126. The van der Waals surface area contributed by atoms with Gasteiger partial charge in [0.1, 0.15) is 0 Å². The summed E-state index contributed by atoms with van der Waals surface area (Å²) in [6.07, 6.45) is 0. The molecule has 0 saturated carbocycles. The van der Waals surface area contributed by atoms with Gasteiger partial charge in [-0.1, -0.05) is 187 Å². The third-order valence-corrected chi connectivity index (χ3v) is 16.8. The minimum Gasteiger partial charge on any atom is -0.311 e. The standard InChI is InChI=1S/C67H41B2N3/c1-5-17-41(18-6-1)44-29-34-57-51(37-44)47-31-32-50-63(43-21-9-3-10-22-43)49-25-13-14-26-53(49)68-55-39-62-56(40-61(55)71(57)66(47)64(50)68)69-54-27-15-16-28-59(54)70(46-23-11-4-12-24-46)60-36-33-48-52-38-45(42-19-7-2-8-20-42)30-35-58(52)72(62)67(48)65(60)69/h1-40,63H. The molecule has 1 atom stereocenters. The molecular formula is C67H41B2N3. The molecule has 330 valence electrons. The van der Waals surface area contributed by atoms with Crippen LogP contribution in [0.25, 0.3) is 77.2 Å². The van der Waals surface area contributed by atoms with Gasteiger partial charge in [0.25, 0.3) is 6.71 Å². The number of para-hydroxylation sites is 2. The van der Waals surface area contributed by atoms with Gasteiger partial charge >= 0.3 is 0 Å². The number of fused-ring (bicyclic) bond motifs is 16. The lowest BCUT2D eigenvalue weighted by Crippen LogP contribution is -2.63. The largest absolute Gasteiger partial charge is 0.311 e. The average Bonchev–Trinajstić information content (AvgIpc) is 3.98. The fourth-order valence-corrected chi connectivity index (χ4v) is 14.0. The van der Waals surface area contributed by atoms with Crippen LogP contribution in [0.2, 0.25) is 0 Å². The van der Waals surface area contributed by atoms with Crippen molar-refractivity contribution >= 4 is 107 Å². The second-order valence-corrected chi connectivity index (χ2v) is 20.3. The minimum atomic E-state index is -0.0126. The molecule has 0 radical (unpaired) electrons. The maximum atomic E-state index is 2.67.